The van der Waals surface area contributed by atoms with Crippen LogP contribution in [0.2, 0.25) is 0 Å². The molecule has 0 atom stereocenters. The largest absolute Gasteiger partial charge is 0.455 e. The van der Waals surface area contributed by atoms with Crippen LogP contribution in [0.25, 0.3) is 27.6 Å². The topological polar surface area (TPSA) is 67.2 Å². The minimum Gasteiger partial charge on any atom is -0.455 e. The lowest BCUT2D eigenvalue weighted by molar-refractivity contribution is -0.137. The summed E-state index contributed by atoms with van der Waals surface area (Å²) in [6.45, 7) is 0. The van der Waals surface area contributed by atoms with Gasteiger partial charge in [0.15, 0.2) is 5.75 Å². The number of benzene rings is 3. The van der Waals surface area contributed by atoms with Gasteiger partial charge in [-0.1, -0.05) is 12.1 Å². The van der Waals surface area contributed by atoms with Gasteiger partial charge in [0.2, 0.25) is 5.95 Å². The van der Waals surface area contributed by atoms with Gasteiger partial charge in [-0.25, -0.2) is 9.97 Å². The molecule has 0 saturated heterocycles. The second kappa shape index (κ2) is 8.02. The number of imidazole rings is 2. The standard InChI is InChI=1S/C25H15BrF3N5O/c26-18-12-15(25(27,28)29)13-19-22(18)33-24(32-19)31-16-5-7-17(8-6-16)35-20-3-1-2-14-4-9-21-30-10-11-34(21)23(14)20/h1-13H,(H2,31,32,33). The highest BCUT2D eigenvalue weighted by atomic mass is 79.9. The highest BCUT2D eigenvalue weighted by molar-refractivity contribution is 9.10. The van der Waals surface area contributed by atoms with Crippen molar-refractivity contribution < 1.29 is 17.9 Å². The normalized spacial score (nSPS) is 12.0. The van der Waals surface area contributed by atoms with Crippen LogP contribution in [-0.2, 0) is 6.18 Å². The third kappa shape index (κ3) is 3.95. The molecule has 0 saturated carbocycles. The molecule has 35 heavy (non-hydrogen) atoms. The molecular formula is C25H15BrF3N5O. The summed E-state index contributed by atoms with van der Waals surface area (Å²) in [6.07, 6.45) is -0.813. The highest BCUT2D eigenvalue weighted by Crippen LogP contribution is 2.36. The SMILES string of the molecule is FC(F)(F)c1cc(Br)c2nc(Nc3ccc(Oc4cccc5ccc6nccn6c45)cc3)[nH]c2c1. The highest BCUT2D eigenvalue weighted by Gasteiger charge is 2.31. The summed E-state index contributed by atoms with van der Waals surface area (Å²) in [6, 6.07) is 19.1. The van der Waals surface area contributed by atoms with Crippen molar-refractivity contribution in [3.63, 3.8) is 0 Å². The number of nitrogens with one attached hydrogen (secondary N) is 2. The van der Waals surface area contributed by atoms with Crippen LogP contribution in [0.4, 0.5) is 24.8 Å². The zero-order valence-electron chi connectivity index (χ0n) is 17.8. The number of aromatic nitrogens is 4. The molecule has 0 amide bonds. The zero-order valence-corrected chi connectivity index (χ0v) is 19.4. The molecule has 0 radical (unpaired) electrons. The Bertz CT molecular complexity index is 1710. The van der Waals surface area contributed by atoms with Crippen LogP contribution in [-0.4, -0.2) is 19.4 Å². The molecule has 0 fully saturated rings. The molecule has 6 nitrogen and oxygen atoms in total. The molecule has 2 N–H and O–H groups in total. The average molecular weight is 538 g/mol. The van der Waals surface area contributed by atoms with E-state index in [1.54, 1.807) is 30.5 Å². The molecule has 3 aromatic heterocycles. The lowest BCUT2D eigenvalue weighted by Gasteiger charge is -2.11. The van der Waals surface area contributed by atoms with E-state index in [4.69, 9.17) is 4.74 Å². The van der Waals surface area contributed by atoms with Crippen LogP contribution in [0.3, 0.4) is 0 Å². The first-order valence-electron chi connectivity index (χ1n) is 10.5. The molecule has 6 rings (SSSR count). The minimum absolute atomic E-state index is 0.262. The number of ether oxygens (including phenoxy) is 1. The van der Waals surface area contributed by atoms with Crippen LogP contribution < -0.4 is 10.1 Å². The van der Waals surface area contributed by atoms with Crippen molar-refractivity contribution in [3.05, 3.63) is 89.2 Å². The number of aromatic amines is 1. The van der Waals surface area contributed by atoms with Crippen molar-refractivity contribution in [2.45, 2.75) is 6.18 Å². The van der Waals surface area contributed by atoms with Crippen LogP contribution in [0.5, 0.6) is 11.5 Å². The summed E-state index contributed by atoms with van der Waals surface area (Å²) in [4.78, 5) is 11.6. The van der Waals surface area contributed by atoms with Gasteiger partial charge in [-0.05, 0) is 70.5 Å². The van der Waals surface area contributed by atoms with Crippen molar-refractivity contribution in [1.29, 1.82) is 0 Å². The number of rotatable bonds is 4. The number of nitrogens with zero attached hydrogens (tertiary/aromatic N) is 3. The van der Waals surface area contributed by atoms with Crippen LogP contribution in [0.1, 0.15) is 5.56 Å². The number of fused-ring (bicyclic) bond motifs is 4. The van der Waals surface area contributed by atoms with Crippen LogP contribution in [0, 0.1) is 0 Å². The number of anilines is 2. The summed E-state index contributed by atoms with van der Waals surface area (Å²) >= 11 is 3.18. The number of para-hydroxylation sites is 1. The van der Waals surface area contributed by atoms with Gasteiger partial charge in [-0.2, -0.15) is 13.2 Å². The Kier molecular flexibility index (Phi) is 4.92. The van der Waals surface area contributed by atoms with E-state index in [9.17, 15) is 13.2 Å². The summed E-state index contributed by atoms with van der Waals surface area (Å²) < 4.78 is 47.7. The molecule has 6 aromatic rings. The Labute approximate surface area is 204 Å². The second-order valence-electron chi connectivity index (χ2n) is 7.87. The Morgan fingerprint density at radius 3 is 2.63 bits per heavy atom. The van der Waals surface area contributed by atoms with Gasteiger partial charge in [0.1, 0.15) is 16.9 Å². The first-order chi connectivity index (χ1) is 16.8. The van der Waals surface area contributed by atoms with E-state index in [0.717, 1.165) is 28.7 Å². The number of pyridine rings is 1. The average Bonchev–Trinajstić information content (AvgIpc) is 3.47. The minimum atomic E-state index is -4.45. The van der Waals surface area contributed by atoms with Gasteiger partial charge in [0.05, 0.1) is 16.6 Å². The first kappa shape index (κ1) is 21.5. The van der Waals surface area contributed by atoms with Gasteiger partial charge in [-0.15, -0.1) is 0 Å². The van der Waals surface area contributed by atoms with Gasteiger partial charge in [0.25, 0.3) is 0 Å². The number of H-pyrrole nitrogens is 1. The second-order valence-corrected chi connectivity index (χ2v) is 8.73. The molecule has 0 spiro atoms. The Morgan fingerprint density at radius 1 is 1.00 bits per heavy atom. The summed E-state index contributed by atoms with van der Waals surface area (Å²) in [7, 11) is 0. The number of hydrogen-bond donors (Lipinski definition) is 2. The maximum absolute atomic E-state index is 13.1. The van der Waals surface area contributed by atoms with Crippen molar-refractivity contribution in [1.82, 2.24) is 19.4 Å². The fraction of sp³-hybridized carbons (Fsp3) is 0.0400. The maximum atomic E-state index is 13.1. The number of halogens is 4. The third-order valence-corrected chi connectivity index (χ3v) is 6.17. The predicted octanol–water partition coefficient (Wildman–Crippen LogP) is 7.68. The van der Waals surface area contributed by atoms with E-state index < -0.39 is 11.7 Å². The quantitative estimate of drug-likeness (QED) is 0.242. The smallest absolute Gasteiger partial charge is 0.416 e. The lowest BCUT2D eigenvalue weighted by Crippen LogP contribution is -2.04. The Morgan fingerprint density at radius 2 is 1.83 bits per heavy atom. The Hall–Kier alpha value is -4.05. The van der Waals surface area contributed by atoms with E-state index in [1.807, 2.05) is 40.9 Å². The molecule has 3 heterocycles. The number of hydrogen-bond acceptors (Lipinski definition) is 4. The van der Waals surface area contributed by atoms with Gasteiger partial charge in [-0.3, -0.25) is 4.40 Å². The summed E-state index contributed by atoms with van der Waals surface area (Å²) in [5, 5.41) is 4.11. The first-order valence-corrected chi connectivity index (χ1v) is 11.3. The van der Waals surface area contributed by atoms with Gasteiger partial charge in [0, 0.05) is 27.9 Å². The lowest BCUT2D eigenvalue weighted by atomic mass is 10.2. The fourth-order valence-corrected chi connectivity index (χ4v) is 4.52. The molecule has 0 bridgehead atoms. The van der Waals surface area contributed by atoms with E-state index in [1.165, 1.54) is 0 Å². The van der Waals surface area contributed by atoms with E-state index in [-0.39, 0.29) is 9.99 Å². The van der Waals surface area contributed by atoms with Crippen LogP contribution >= 0.6 is 15.9 Å². The van der Waals surface area contributed by atoms with Gasteiger partial charge >= 0.3 is 6.18 Å². The molecule has 0 unspecified atom stereocenters. The van der Waals surface area contributed by atoms with Gasteiger partial charge < -0.3 is 15.0 Å². The molecule has 174 valence electrons. The monoisotopic (exact) mass is 537 g/mol. The Balaban J connectivity index is 1.26. The van der Waals surface area contributed by atoms with E-state index in [2.05, 4.69) is 36.2 Å². The summed E-state index contributed by atoms with van der Waals surface area (Å²) in [5.41, 5.74) is 2.36. The van der Waals surface area contributed by atoms with Crippen molar-refractivity contribution >= 4 is 55.1 Å². The van der Waals surface area contributed by atoms with Crippen molar-refractivity contribution in [3.8, 4) is 11.5 Å². The molecule has 0 aliphatic heterocycles. The maximum Gasteiger partial charge on any atom is 0.416 e. The van der Waals surface area contributed by atoms with E-state index >= 15 is 0 Å². The molecular weight excluding hydrogens is 523 g/mol. The molecule has 10 heteroatoms. The summed E-state index contributed by atoms with van der Waals surface area (Å²) in [5.74, 6) is 1.64. The van der Waals surface area contributed by atoms with Crippen LogP contribution in [0.15, 0.2) is 83.6 Å². The van der Waals surface area contributed by atoms with Crippen molar-refractivity contribution in [2.24, 2.45) is 0 Å². The number of alkyl halides is 3. The molecule has 0 aliphatic carbocycles. The predicted molar refractivity (Wildman–Crippen MR) is 131 cm³/mol. The molecule has 3 aromatic carbocycles. The van der Waals surface area contributed by atoms with E-state index in [0.29, 0.717) is 28.7 Å². The fourth-order valence-electron chi connectivity index (χ4n) is 3.97. The van der Waals surface area contributed by atoms with Crippen molar-refractivity contribution in [2.75, 3.05) is 5.32 Å². The molecule has 0 aliphatic rings. The zero-order chi connectivity index (χ0) is 24.2. The third-order valence-electron chi connectivity index (χ3n) is 5.56.